The lowest BCUT2D eigenvalue weighted by Crippen LogP contribution is -2.67. The summed E-state index contributed by atoms with van der Waals surface area (Å²) in [6.07, 6.45) is 11.8. The molecule has 0 aromatic heterocycles. The Morgan fingerprint density at radius 2 is 1.33 bits per heavy atom. The molecule has 8 nitrogen and oxygen atoms in total. The third-order valence-corrected chi connectivity index (χ3v) is 18.1. The van der Waals surface area contributed by atoms with Crippen LogP contribution in [0.3, 0.4) is 0 Å². The van der Waals surface area contributed by atoms with Gasteiger partial charge in [0.1, 0.15) is 32.3 Å². The zero-order valence-corrected chi connectivity index (χ0v) is 34.4. The minimum atomic E-state index is -0.0617. The van der Waals surface area contributed by atoms with E-state index in [1.165, 1.54) is 44.1 Å². The molecule has 2 aliphatic heterocycles. The van der Waals surface area contributed by atoms with E-state index in [4.69, 9.17) is 18.9 Å². The zero-order chi connectivity index (χ0) is 37.4. The van der Waals surface area contributed by atoms with E-state index < -0.39 is 0 Å². The van der Waals surface area contributed by atoms with Gasteiger partial charge < -0.3 is 27.9 Å². The van der Waals surface area contributed by atoms with E-state index in [9.17, 15) is 9.59 Å². The Balaban J connectivity index is 1.08. The van der Waals surface area contributed by atoms with Gasteiger partial charge in [-0.15, -0.1) is 0 Å². The van der Waals surface area contributed by atoms with Crippen molar-refractivity contribution in [3.05, 3.63) is 12.2 Å². The molecule has 52 heavy (non-hydrogen) atoms. The molecule has 8 heteroatoms. The number of carbonyl (C=O) groups excluding carboxylic acids is 2. The van der Waals surface area contributed by atoms with Crippen molar-refractivity contribution in [2.24, 2.45) is 56.7 Å². The summed E-state index contributed by atoms with van der Waals surface area (Å²) in [6, 6.07) is 0. The molecule has 5 saturated carbocycles. The predicted molar refractivity (Wildman–Crippen MR) is 203 cm³/mol. The van der Waals surface area contributed by atoms with Crippen molar-refractivity contribution < 1.29 is 37.5 Å². The van der Waals surface area contributed by atoms with Crippen LogP contribution in [0.2, 0.25) is 0 Å². The summed E-state index contributed by atoms with van der Waals surface area (Å²) in [6.45, 7) is 27.5. The van der Waals surface area contributed by atoms with Gasteiger partial charge in [-0.3, -0.25) is 0 Å². The fourth-order valence-corrected chi connectivity index (χ4v) is 14.7. The predicted octanol–water partition coefficient (Wildman–Crippen LogP) is 7.05. The number of ether oxygens (including phenoxy) is 4. The summed E-state index contributed by atoms with van der Waals surface area (Å²) in [5.74, 6) is 2.77. The molecule has 4 unspecified atom stereocenters. The first-order valence-electron chi connectivity index (χ1n) is 21.2. The Kier molecular flexibility index (Phi) is 10.2. The molecule has 0 spiro atoms. The van der Waals surface area contributed by atoms with E-state index in [1.54, 1.807) is 0 Å². The fraction of sp³-hybridized carbons (Fsp3) is 0.909. The topological polar surface area (TPSA) is 71.1 Å². The van der Waals surface area contributed by atoms with Crippen LogP contribution in [0.1, 0.15) is 106 Å². The smallest absolute Gasteiger partial charge is 0.362 e. The first-order valence-corrected chi connectivity index (χ1v) is 21.2. The van der Waals surface area contributed by atoms with Crippen molar-refractivity contribution in [3.63, 3.8) is 0 Å². The van der Waals surface area contributed by atoms with E-state index in [0.29, 0.717) is 49.3 Å². The Bertz CT molecular complexity index is 1380. The summed E-state index contributed by atoms with van der Waals surface area (Å²) in [5.41, 5.74) is 2.03. The molecule has 7 aliphatic rings. The standard InChI is InChI=1S/C44H74N2O6/c1-31(2)32-12-17-44(30-51-37(47)28-45(8)20-24-49-25-21-45)19-18-42(6)33(39(32)44)10-11-35-41(5)15-14-36(40(3,4)34(41)13-16-43(35,42)7)52-38(48)29-46(9)22-26-50-27-23-46/h32-36,39H,1,10-30H2,2-9H3/q+2/t32-,33?,34?,35?,36-,39?,41-,42+,43+,44+/m0/s1. The van der Waals surface area contributed by atoms with Gasteiger partial charge in [0.05, 0.1) is 47.1 Å². The summed E-state index contributed by atoms with van der Waals surface area (Å²) >= 11 is 0. The van der Waals surface area contributed by atoms with Crippen molar-refractivity contribution >= 4 is 11.9 Å². The number of hydrogen-bond donors (Lipinski definition) is 0. The van der Waals surface area contributed by atoms with E-state index >= 15 is 0 Å². The zero-order valence-electron chi connectivity index (χ0n) is 34.4. The molecule has 0 bridgehead atoms. The highest BCUT2D eigenvalue weighted by Crippen LogP contribution is 2.77. The van der Waals surface area contributed by atoms with Crippen LogP contribution in [0, 0.1) is 56.7 Å². The van der Waals surface area contributed by atoms with Gasteiger partial charge in [0.25, 0.3) is 0 Å². The second kappa shape index (κ2) is 13.6. The van der Waals surface area contributed by atoms with Gasteiger partial charge in [0.15, 0.2) is 13.1 Å². The van der Waals surface area contributed by atoms with Crippen LogP contribution in [-0.2, 0) is 28.5 Å². The van der Waals surface area contributed by atoms with E-state index in [0.717, 1.165) is 87.3 Å². The number of esters is 2. The number of allylic oxidation sites excluding steroid dienone is 1. The SMILES string of the molecule is C=C(C)[C@@H]1CC[C@]2(COC(=O)C[N+]3(C)CCOCC3)CC[C@]3(C)C(CCC4[C@@]5(C)CC[C@H](OC(=O)C[N+]6(C)CCOCC6)C(C)(C)C5CC[C@]43C)C12. The molecular formula is C44H74N2O6+2. The number of rotatable bonds is 8. The van der Waals surface area contributed by atoms with Crippen LogP contribution < -0.4 is 0 Å². The highest BCUT2D eigenvalue weighted by molar-refractivity contribution is 5.71. The number of morpholine rings is 2. The Morgan fingerprint density at radius 3 is 1.94 bits per heavy atom. The van der Waals surface area contributed by atoms with Crippen LogP contribution in [0.25, 0.3) is 0 Å². The molecule has 0 amide bonds. The number of carbonyl (C=O) groups is 2. The molecule has 7 rings (SSSR count). The third kappa shape index (κ3) is 6.33. The molecular weight excluding hydrogens is 652 g/mol. The average molecular weight is 727 g/mol. The highest BCUT2D eigenvalue weighted by Gasteiger charge is 2.71. The first-order chi connectivity index (χ1) is 24.4. The first kappa shape index (κ1) is 38.8. The molecule has 0 radical (unpaired) electrons. The van der Waals surface area contributed by atoms with Gasteiger partial charge in [-0.05, 0) is 117 Å². The quantitative estimate of drug-likeness (QED) is 0.152. The summed E-state index contributed by atoms with van der Waals surface area (Å²) in [5, 5.41) is 0. The maximum absolute atomic E-state index is 13.5. The highest BCUT2D eigenvalue weighted by atomic mass is 16.5. The number of nitrogens with zero attached hydrogens (tertiary/aromatic N) is 2. The Morgan fingerprint density at radius 1 is 0.712 bits per heavy atom. The lowest BCUT2D eigenvalue weighted by atomic mass is 9.32. The molecule has 0 aromatic rings. The number of fused-ring (bicyclic) bond motifs is 7. The number of hydrogen-bond acceptors (Lipinski definition) is 6. The van der Waals surface area contributed by atoms with Crippen LogP contribution in [0.5, 0.6) is 0 Å². The second-order valence-electron chi connectivity index (χ2n) is 21.2. The molecule has 2 saturated heterocycles. The van der Waals surface area contributed by atoms with Crippen LogP contribution in [-0.4, -0.2) is 113 Å². The maximum atomic E-state index is 13.5. The van der Waals surface area contributed by atoms with Crippen molar-refractivity contribution in [3.8, 4) is 0 Å². The van der Waals surface area contributed by atoms with Crippen molar-refractivity contribution in [2.75, 3.05) is 86.4 Å². The Hall–Kier alpha value is -1.48. The molecule has 7 fully saturated rings. The summed E-state index contributed by atoms with van der Waals surface area (Å²) in [4.78, 5) is 26.9. The van der Waals surface area contributed by atoms with Gasteiger partial charge in [-0.1, -0.05) is 46.8 Å². The van der Waals surface area contributed by atoms with Crippen LogP contribution in [0.15, 0.2) is 12.2 Å². The molecule has 2 heterocycles. The summed E-state index contributed by atoms with van der Waals surface area (Å²) < 4.78 is 25.4. The largest absolute Gasteiger partial charge is 0.461 e. The minimum absolute atomic E-state index is 0.0253. The minimum Gasteiger partial charge on any atom is -0.461 e. The molecule has 0 N–H and O–H groups in total. The number of likely N-dealkylation sites (N-methyl/N-ethyl adjacent to an activating group) is 2. The molecule has 5 aliphatic carbocycles. The van der Waals surface area contributed by atoms with Gasteiger partial charge >= 0.3 is 11.9 Å². The van der Waals surface area contributed by atoms with Gasteiger partial charge in [0.2, 0.25) is 0 Å². The maximum Gasteiger partial charge on any atom is 0.362 e. The van der Waals surface area contributed by atoms with Crippen molar-refractivity contribution in [1.29, 1.82) is 0 Å². The molecule has 0 aromatic carbocycles. The lowest BCUT2D eigenvalue weighted by Gasteiger charge is -2.73. The van der Waals surface area contributed by atoms with Gasteiger partial charge in [-0.2, -0.15) is 0 Å². The molecule has 10 atom stereocenters. The average Bonchev–Trinajstić information content (AvgIpc) is 3.46. The number of quaternary nitrogens is 2. The van der Waals surface area contributed by atoms with Gasteiger partial charge in [0, 0.05) is 10.8 Å². The normalized spacial score (nSPS) is 44.6. The molecule has 294 valence electrons. The Labute approximate surface area is 315 Å². The van der Waals surface area contributed by atoms with Crippen LogP contribution >= 0.6 is 0 Å². The third-order valence-electron chi connectivity index (χ3n) is 18.1. The van der Waals surface area contributed by atoms with Gasteiger partial charge in [-0.25, -0.2) is 9.59 Å². The van der Waals surface area contributed by atoms with E-state index in [1.807, 2.05) is 0 Å². The lowest BCUT2D eigenvalue weighted by molar-refractivity contribution is -0.910. The van der Waals surface area contributed by atoms with E-state index in [-0.39, 0.29) is 45.1 Å². The summed E-state index contributed by atoms with van der Waals surface area (Å²) in [7, 11) is 4.35. The van der Waals surface area contributed by atoms with Crippen molar-refractivity contribution in [1.82, 2.24) is 0 Å². The van der Waals surface area contributed by atoms with E-state index in [2.05, 4.69) is 62.2 Å². The van der Waals surface area contributed by atoms with Crippen LogP contribution in [0.4, 0.5) is 0 Å². The monoisotopic (exact) mass is 727 g/mol. The fourth-order valence-electron chi connectivity index (χ4n) is 14.7. The van der Waals surface area contributed by atoms with Crippen molar-refractivity contribution in [2.45, 2.75) is 112 Å². The second-order valence-corrected chi connectivity index (χ2v) is 21.2.